The summed E-state index contributed by atoms with van der Waals surface area (Å²) in [6.07, 6.45) is 3.03. The standard InChI is InChI=1S/C72H66O7/c1-46-5-7-47(8-6-46)33-53-35-54(34-48-9-23-64(73)24-10-48)41-62(40-53)72(4,63-44-57(38-51-15-29-67(76)30-16-51)70(79)58(45-63)39-52-17-31-68(77)32-18-52)60-21-19-59(20-22-60)71(2,3)61-42-55(36-49-11-25-65(74)26-12-49)69(78)56(43-61)37-50-13-27-66(75)28-14-50/h5-32,35,40-45,73-79H,33-34,36-39H2,1-4H3. The molecule has 0 aromatic heterocycles. The van der Waals surface area contributed by atoms with E-state index in [0.717, 1.165) is 89.0 Å². The van der Waals surface area contributed by atoms with Crippen LogP contribution < -0.4 is 0 Å². The Balaban J connectivity index is 1.14. The molecule has 1 unspecified atom stereocenters. The molecule has 0 fully saturated rings. The van der Waals surface area contributed by atoms with E-state index in [0.29, 0.717) is 38.5 Å². The summed E-state index contributed by atoms with van der Waals surface area (Å²) in [7, 11) is 0. The second-order valence-corrected chi connectivity index (χ2v) is 22.0. The minimum absolute atomic E-state index is 0.164. The first-order chi connectivity index (χ1) is 37.9. The van der Waals surface area contributed by atoms with Crippen molar-refractivity contribution in [3.63, 3.8) is 0 Å². The van der Waals surface area contributed by atoms with E-state index in [-0.39, 0.29) is 40.2 Å². The molecule has 0 aliphatic carbocycles. The number of rotatable bonds is 17. The maximum Gasteiger partial charge on any atom is 0.122 e. The lowest BCUT2D eigenvalue weighted by molar-refractivity contribution is 0.461. The predicted molar refractivity (Wildman–Crippen MR) is 315 cm³/mol. The summed E-state index contributed by atoms with van der Waals surface area (Å²) >= 11 is 0. The van der Waals surface area contributed by atoms with E-state index in [1.807, 2.05) is 60.7 Å². The minimum Gasteiger partial charge on any atom is -0.508 e. The van der Waals surface area contributed by atoms with Gasteiger partial charge in [0.15, 0.2) is 0 Å². The van der Waals surface area contributed by atoms with Gasteiger partial charge in [-0.2, -0.15) is 0 Å². The van der Waals surface area contributed by atoms with Crippen molar-refractivity contribution in [3.05, 3.63) is 312 Å². The molecule has 0 saturated heterocycles. The largest absolute Gasteiger partial charge is 0.508 e. The van der Waals surface area contributed by atoms with Gasteiger partial charge >= 0.3 is 0 Å². The number of aryl methyl sites for hydroxylation is 1. The maximum atomic E-state index is 12.3. The van der Waals surface area contributed by atoms with Crippen molar-refractivity contribution in [1.82, 2.24) is 0 Å². The summed E-state index contributed by atoms with van der Waals surface area (Å²) in [5.41, 5.74) is 16.2. The number of aromatic hydroxyl groups is 7. The van der Waals surface area contributed by atoms with E-state index in [4.69, 9.17) is 0 Å². The third kappa shape index (κ3) is 12.2. The Kier molecular flexibility index (Phi) is 15.1. The number of benzene rings is 10. The van der Waals surface area contributed by atoms with E-state index in [9.17, 15) is 35.7 Å². The third-order valence-electron chi connectivity index (χ3n) is 15.8. The van der Waals surface area contributed by atoms with E-state index < -0.39 is 10.8 Å². The molecule has 1 atom stereocenters. The van der Waals surface area contributed by atoms with Crippen LogP contribution in [0.15, 0.2) is 212 Å². The summed E-state index contributed by atoms with van der Waals surface area (Å²) in [6.45, 7) is 8.78. The number of phenols is 7. The summed E-state index contributed by atoms with van der Waals surface area (Å²) in [5.74, 6) is 1.29. The zero-order valence-corrected chi connectivity index (χ0v) is 45.1. The van der Waals surface area contributed by atoms with Gasteiger partial charge in [0, 0.05) is 36.5 Å². The van der Waals surface area contributed by atoms with Crippen LogP contribution >= 0.6 is 0 Å². The lowest BCUT2D eigenvalue weighted by atomic mass is 9.68. The second-order valence-electron chi connectivity index (χ2n) is 22.0. The lowest BCUT2D eigenvalue weighted by Crippen LogP contribution is -2.27. The van der Waals surface area contributed by atoms with Crippen molar-refractivity contribution in [1.29, 1.82) is 0 Å². The van der Waals surface area contributed by atoms with Gasteiger partial charge < -0.3 is 35.7 Å². The van der Waals surface area contributed by atoms with Gasteiger partial charge in [-0.1, -0.05) is 171 Å². The Morgan fingerprint density at radius 1 is 0.253 bits per heavy atom. The van der Waals surface area contributed by atoms with Gasteiger partial charge in [-0.3, -0.25) is 0 Å². The number of phenolic OH excluding ortho intramolecular Hbond substituents is 7. The molecule has 7 nitrogen and oxygen atoms in total. The highest BCUT2D eigenvalue weighted by atomic mass is 16.3. The fraction of sp³-hybridized carbons (Fsp3) is 0.167. The third-order valence-corrected chi connectivity index (χ3v) is 15.8. The van der Waals surface area contributed by atoms with Gasteiger partial charge in [-0.05, 0) is 182 Å². The molecule has 0 spiro atoms. The first-order valence-electron chi connectivity index (χ1n) is 26.8. The number of hydrogen-bond donors (Lipinski definition) is 7. The van der Waals surface area contributed by atoms with Crippen LogP contribution in [0.3, 0.4) is 0 Å². The summed E-state index contributed by atoms with van der Waals surface area (Å²) in [5, 5.41) is 75.2. The van der Waals surface area contributed by atoms with Gasteiger partial charge in [0.25, 0.3) is 0 Å². The van der Waals surface area contributed by atoms with Crippen LogP contribution in [0.5, 0.6) is 40.2 Å². The van der Waals surface area contributed by atoms with Gasteiger partial charge in [0.1, 0.15) is 40.2 Å². The molecule has 79 heavy (non-hydrogen) atoms. The molecule has 0 radical (unpaired) electrons. The van der Waals surface area contributed by atoms with Crippen LogP contribution in [0.4, 0.5) is 0 Å². The fourth-order valence-electron chi connectivity index (χ4n) is 11.0. The van der Waals surface area contributed by atoms with Crippen molar-refractivity contribution in [2.75, 3.05) is 0 Å². The topological polar surface area (TPSA) is 142 Å². The van der Waals surface area contributed by atoms with Gasteiger partial charge in [-0.25, -0.2) is 0 Å². The lowest BCUT2D eigenvalue weighted by Gasteiger charge is -2.35. The molecular formula is C72H66O7. The second kappa shape index (κ2) is 22.4. The Labute approximate surface area is 463 Å². The van der Waals surface area contributed by atoms with Crippen LogP contribution in [0.1, 0.15) is 121 Å². The minimum atomic E-state index is -0.829. The molecule has 0 aliphatic rings. The van der Waals surface area contributed by atoms with Gasteiger partial charge in [0.2, 0.25) is 0 Å². The molecule has 396 valence electrons. The molecule has 0 amide bonds. The summed E-state index contributed by atoms with van der Waals surface area (Å²) in [6, 6.07) is 68.6. The van der Waals surface area contributed by atoms with Crippen molar-refractivity contribution in [2.45, 2.75) is 77.0 Å². The predicted octanol–water partition coefficient (Wildman–Crippen LogP) is 15.2. The average molecular weight is 1040 g/mol. The van der Waals surface area contributed by atoms with Gasteiger partial charge in [-0.15, -0.1) is 0 Å². The highest BCUT2D eigenvalue weighted by molar-refractivity contribution is 5.59. The van der Waals surface area contributed by atoms with E-state index >= 15 is 0 Å². The van der Waals surface area contributed by atoms with Gasteiger partial charge in [0.05, 0.1) is 0 Å². The van der Waals surface area contributed by atoms with Crippen molar-refractivity contribution >= 4 is 0 Å². The zero-order valence-electron chi connectivity index (χ0n) is 45.1. The molecule has 0 bridgehead atoms. The van der Waals surface area contributed by atoms with Crippen molar-refractivity contribution in [2.24, 2.45) is 0 Å². The Hall–Kier alpha value is -9.20. The molecule has 0 aliphatic heterocycles. The molecule has 0 heterocycles. The van der Waals surface area contributed by atoms with Crippen LogP contribution in [-0.2, 0) is 49.4 Å². The molecular weight excluding hydrogens is 977 g/mol. The first-order valence-corrected chi connectivity index (χ1v) is 26.8. The Morgan fingerprint density at radius 2 is 0.519 bits per heavy atom. The Morgan fingerprint density at radius 3 is 0.848 bits per heavy atom. The van der Waals surface area contributed by atoms with Crippen molar-refractivity contribution < 1.29 is 35.7 Å². The molecule has 10 rings (SSSR count). The van der Waals surface area contributed by atoms with Crippen molar-refractivity contribution in [3.8, 4) is 40.2 Å². The van der Waals surface area contributed by atoms with Crippen LogP contribution in [-0.4, -0.2) is 35.7 Å². The summed E-state index contributed by atoms with van der Waals surface area (Å²) < 4.78 is 0. The fourth-order valence-corrected chi connectivity index (χ4v) is 11.0. The zero-order chi connectivity index (χ0) is 55.4. The molecule has 10 aromatic rings. The smallest absolute Gasteiger partial charge is 0.122 e. The van der Waals surface area contributed by atoms with E-state index in [2.05, 4.69) is 119 Å². The summed E-state index contributed by atoms with van der Waals surface area (Å²) in [4.78, 5) is 0. The normalized spacial score (nSPS) is 12.3. The highest BCUT2D eigenvalue weighted by Crippen LogP contribution is 2.45. The number of hydrogen-bond acceptors (Lipinski definition) is 7. The Bertz CT molecular complexity index is 3530. The molecule has 7 N–H and O–H groups in total. The molecule has 7 heteroatoms. The van der Waals surface area contributed by atoms with Crippen LogP contribution in [0.2, 0.25) is 0 Å². The maximum absolute atomic E-state index is 12.3. The monoisotopic (exact) mass is 1040 g/mol. The quantitative estimate of drug-likeness (QED) is 0.0450. The molecule has 10 aromatic carbocycles. The SMILES string of the molecule is Cc1ccc(Cc2cc(Cc3ccc(O)cc3)cc(C(C)(c3ccc(C(C)(C)c4cc(Cc5ccc(O)cc5)c(O)c(Cc5ccc(O)cc5)c4)cc3)c3cc(Cc4ccc(O)cc4)c(O)c(Cc4ccc(O)cc4)c3)c2)cc1. The highest BCUT2D eigenvalue weighted by Gasteiger charge is 2.35. The van der Waals surface area contributed by atoms with Crippen LogP contribution in [0.25, 0.3) is 0 Å². The molecule has 0 saturated carbocycles. The van der Waals surface area contributed by atoms with E-state index in [1.54, 1.807) is 60.7 Å². The van der Waals surface area contributed by atoms with E-state index in [1.165, 1.54) is 11.1 Å². The first kappa shape index (κ1) is 53.2. The average Bonchev–Trinajstić information content (AvgIpc) is 3.50. The van der Waals surface area contributed by atoms with Crippen LogP contribution in [0, 0.1) is 6.92 Å².